The molecule has 1 aromatic rings. The molecule has 0 amide bonds. The molecule has 0 aliphatic carbocycles. The highest BCUT2D eigenvalue weighted by Crippen LogP contribution is 2.32. The van der Waals surface area contributed by atoms with Crippen molar-refractivity contribution in [2.24, 2.45) is 5.73 Å². The van der Waals surface area contributed by atoms with Crippen molar-refractivity contribution in [2.45, 2.75) is 31.4 Å². The first-order chi connectivity index (χ1) is 8.79. The SMILES string of the molecule is NCC(C1CCCO1)N1CCc2ccc(F)cc21. The van der Waals surface area contributed by atoms with Gasteiger partial charge in [-0.05, 0) is 37.0 Å². The van der Waals surface area contributed by atoms with E-state index in [2.05, 4.69) is 4.90 Å². The zero-order valence-corrected chi connectivity index (χ0v) is 10.4. The molecule has 4 heteroatoms. The van der Waals surface area contributed by atoms with Crippen LogP contribution in [0.1, 0.15) is 18.4 Å². The molecular formula is C14H19FN2O. The Morgan fingerprint density at radius 2 is 2.39 bits per heavy atom. The smallest absolute Gasteiger partial charge is 0.125 e. The molecule has 2 aliphatic heterocycles. The van der Waals surface area contributed by atoms with Gasteiger partial charge in [0.15, 0.2) is 0 Å². The molecule has 1 saturated heterocycles. The number of ether oxygens (including phenoxy) is 1. The summed E-state index contributed by atoms with van der Waals surface area (Å²) in [5, 5.41) is 0. The number of fused-ring (bicyclic) bond motifs is 1. The summed E-state index contributed by atoms with van der Waals surface area (Å²) in [5.41, 5.74) is 8.13. The van der Waals surface area contributed by atoms with Crippen LogP contribution in [-0.4, -0.2) is 31.8 Å². The first-order valence-electron chi connectivity index (χ1n) is 6.66. The van der Waals surface area contributed by atoms with E-state index in [0.29, 0.717) is 6.54 Å². The van der Waals surface area contributed by atoms with Crippen molar-refractivity contribution in [3.8, 4) is 0 Å². The molecule has 2 N–H and O–H groups in total. The molecule has 0 bridgehead atoms. The highest BCUT2D eigenvalue weighted by Gasteiger charge is 2.33. The fraction of sp³-hybridized carbons (Fsp3) is 0.571. The second kappa shape index (κ2) is 4.86. The monoisotopic (exact) mass is 250 g/mol. The van der Waals surface area contributed by atoms with Crippen LogP contribution in [0, 0.1) is 5.82 Å². The van der Waals surface area contributed by atoms with Crippen LogP contribution in [0.2, 0.25) is 0 Å². The van der Waals surface area contributed by atoms with Gasteiger partial charge in [0.1, 0.15) is 5.82 Å². The number of nitrogens with two attached hydrogens (primary N) is 1. The van der Waals surface area contributed by atoms with Gasteiger partial charge in [-0.1, -0.05) is 6.07 Å². The molecule has 3 rings (SSSR count). The molecule has 2 atom stereocenters. The Morgan fingerprint density at radius 1 is 1.50 bits per heavy atom. The highest BCUT2D eigenvalue weighted by atomic mass is 19.1. The summed E-state index contributed by atoms with van der Waals surface area (Å²) in [6.07, 6.45) is 3.33. The third kappa shape index (κ3) is 1.99. The Balaban J connectivity index is 1.87. The highest BCUT2D eigenvalue weighted by molar-refractivity contribution is 5.59. The van der Waals surface area contributed by atoms with Gasteiger partial charge >= 0.3 is 0 Å². The number of halogens is 1. The van der Waals surface area contributed by atoms with E-state index in [1.54, 1.807) is 6.07 Å². The lowest BCUT2D eigenvalue weighted by atomic mass is 10.1. The van der Waals surface area contributed by atoms with E-state index in [-0.39, 0.29) is 18.0 Å². The summed E-state index contributed by atoms with van der Waals surface area (Å²) >= 11 is 0. The number of nitrogens with zero attached hydrogens (tertiary/aromatic N) is 1. The normalized spacial score (nSPS) is 24.3. The summed E-state index contributed by atoms with van der Waals surface area (Å²) < 4.78 is 19.1. The van der Waals surface area contributed by atoms with Crippen LogP contribution >= 0.6 is 0 Å². The van der Waals surface area contributed by atoms with Crippen molar-refractivity contribution in [1.82, 2.24) is 0 Å². The Hall–Kier alpha value is -1.13. The molecule has 0 aromatic heterocycles. The summed E-state index contributed by atoms with van der Waals surface area (Å²) in [6, 6.07) is 5.22. The van der Waals surface area contributed by atoms with Crippen molar-refractivity contribution in [1.29, 1.82) is 0 Å². The van der Waals surface area contributed by atoms with Crippen LogP contribution < -0.4 is 10.6 Å². The maximum atomic E-state index is 13.4. The summed E-state index contributed by atoms with van der Waals surface area (Å²) in [4.78, 5) is 2.23. The maximum absolute atomic E-state index is 13.4. The molecule has 2 aliphatic rings. The Labute approximate surface area is 107 Å². The van der Waals surface area contributed by atoms with Gasteiger partial charge in [0.05, 0.1) is 12.1 Å². The van der Waals surface area contributed by atoms with Gasteiger partial charge in [-0.25, -0.2) is 4.39 Å². The molecule has 2 heterocycles. The molecule has 98 valence electrons. The molecule has 0 spiro atoms. The second-order valence-corrected chi connectivity index (χ2v) is 5.07. The van der Waals surface area contributed by atoms with Gasteiger partial charge in [-0.3, -0.25) is 0 Å². The topological polar surface area (TPSA) is 38.5 Å². The number of hydrogen-bond donors (Lipinski definition) is 1. The molecule has 0 saturated carbocycles. The van der Waals surface area contributed by atoms with E-state index in [4.69, 9.17) is 10.5 Å². The van der Waals surface area contributed by atoms with Crippen LogP contribution in [0.5, 0.6) is 0 Å². The molecule has 2 unspecified atom stereocenters. The molecule has 18 heavy (non-hydrogen) atoms. The fourth-order valence-electron chi connectivity index (χ4n) is 3.11. The Bertz CT molecular complexity index is 432. The number of anilines is 1. The van der Waals surface area contributed by atoms with Crippen molar-refractivity contribution in [3.63, 3.8) is 0 Å². The third-order valence-electron chi connectivity index (χ3n) is 4.01. The summed E-state index contributed by atoms with van der Waals surface area (Å²) in [5.74, 6) is -0.177. The van der Waals surface area contributed by atoms with Crippen LogP contribution in [0.15, 0.2) is 18.2 Å². The average molecular weight is 250 g/mol. The lowest BCUT2D eigenvalue weighted by Crippen LogP contribution is -2.47. The second-order valence-electron chi connectivity index (χ2n) is 5.07. The molecule has 1 aromatic carbocycles. The fourth-order valence-corrected chi connectivity index (χ4v) is 3.11. The Morgan fingerprint density at radius 3 is 3.11 bits per heavy atom. The standard InChI is InChI=1S/C14H19FN2O/c15-11-4-3-10-5-6-17(12(10)8-11)13(9-16)14-2-1-7-18-14/h3-4,8,13-14H,1-2,5-7,9,16H2. The minimum Gasteiger partial charge on any atom is -0.376 e. The van der Waals surface area contributed by atoms with Crippen LogP contribution in [-0.2, 0) is 11.2 Å². The lowest BCUT2D eigenvalue weighted by Gasteiger charge is -2.33. The van der Waals surface area contributed by atoms with Gasteiger partial charge in [-0.2, -0.15) is 0 Å². The Kier molecular flexibility index (Phi) is 3.22. The van der Waals surface area contributed by atoms with Crippen LogP contribution in [0.4, 0.5) is 10.1 Å². The number of rotatable bonds is 3. The number of benzene rings is 1. The first-order valence-corrected chi connectivity index (χ1v) is 6.66. The minimum absolute atomic E-state index is 0.176. The van der Waals surface area contributed by atoms with Crippen LogP contribution in [0.3, 0.4) is 0 Å². The third-order valence-corrected chi connectivity index (χ3v) is 4.01. The van der Waals surface area contributed by atoms with Crippen molar-refractivity contribution in [3.05, 3.63) is 29.6 Å². The molecule has 3 nitrogen and oxygen atoms in total. The lowest BCUT2D eigenvalue weighted by molar-refractivity contribution is 0.0898. The maximum Gasteiger partial charge on any atom is 0.125 e. The van der Waals surface area contributed by atoms with E-state index < -0.39 is 0 Å². The van der Waals surface area contributed by atoms with Crippen molar-refractivity contribution >= 4 is 5.69 Å². The quantitative estimate of drug-likeness (QED) is 0.887. The summed E-state index contributed by atoms with van der Waals surface area (Å²) in [6.45, 7) is 2.30. The van der Waals surface area contributed by atoms with Gasteiger partial charge in [0, 0.05) is 25.4 Å². The van der Waals surface area contributed by atoms with Crippen molar-refractivity contribution < 1.29 is 9.13 Å². The van der Waals surface area contributed by atoms with Gasteiger partial charge in [0.2, 0.25) is 0 Å². The molecular weight excluding hydrogens is 231 g/mol. The van der Waals surface area contributed by atoms with E-state index in [9.17, 15) is 4.39 Å². The zero-order chi connectivity index (χ0) is 12.5. The summed E-state index contributed by atoms with van der Waals surface area (Å²) in [7, 11) is 0. The molecule has 0 radical (unpaired) electrons. The van der Waals surface area contributed by atoms with Crippen molar-refractivity contribution in [2.75, 3.05) is 24.6 Å². The van der Waals surface area contributed by atoms with E-state index >= 15 is 0 Å². The number of hydrogen-bond acceptors (Lipinski definition) is 3. The van der Waals surface area contributed by atoms with Crippen LogP contribution in [0.25, 0.3) is 0 Å². The van der Waals surface area contributed by atoms with E-state index in [1.807, 2.05) is 6.07 Å². The predicted molar refractivity (Wildman–Crippen MR) is 69.3 cm³/mol. The largest absolute Gasteiger partial charge is 0.376 e. The zero-order valence-electron chi connectivity index (χ0n) is 10.4. The first kappa shape index (κ1) is 11.9. The van der Waals surface area contributed by atoms with Gasteiger partial charge < -0.3 is 15.4 Å². The van der Waals surface area contributed by atoms with E-state index in [1.165, 1.54) is 11.6 Å². The van der Waals surface area contributed by atoms with Gasteiger partial charge in [-0.15, -0.1) is 0 Å². The minimum atomic E-state index is -0.177. The predicted octanol–water partition coefficient (Wildman–Crippen LogP) is 1.69. The van der Waals surface area contributed by atoms with Gasteiger partial charge in [0.25, 0.3) is 0 Å². The average Bonchev–Trinajstić information content (AvgIpc) is 3.01. The van der Waals surface area contributed by atoms with E-state index in [0.717, 1.165) is 38.1 Å². The molecule has 1 fully saturated rings.